The van der Waals surface area contributed by atoms with Crippen LogP contribution in [0, 0.1) is 23.6 Å². The average molecular weight is 416 g/mol. The Labute approximate surface area is 174 Å². The third-order valence-corrected chi connectivity index (χ3v) is 6.82. The fourth-order valence-corrected chi connectivity index (χ4v) is 4.86. The van der Waals surface area contributed by atoms with Crippen molar-refractivity contribution < 1.29 is 14.0 Å². The van der Waals surface area contributed by atoms with E-state index in [9.17, 15) is 14.0 Å². The van der Waals surface area contributed by atoms with Gasteiger partial charge in [0.15, 0.2) is 0 Å². The van der Waals surface area contributed by atoms with E-state index in [1.54, 1.807) is 29.7 Å². The summed E-state index contributed by atoms with van der Waals surface area (Å²) < 4.78 is 13.3. The summed E-state index contributed by atoms with van der Waals surface area (Å²) in [5, 5.41) is 9.13. The predicted molar refractivity (Wildman–Crippen MR) is 110 cm³/mol. The molecule has 154 valence electrons. The Morgan fingerprint density at radius 2 is 1.97 bits per heavy atom. The van der Waals surface area contributed by atoms with E-state index in [1.165, 1.54) is 12.1 Å². The zero-order chi connectivity index (χ0) is 20.2. The van der Waals surface area contributed by atoms with Gasteiger partial charge < -0.3 is 10.6 Å². The number of halogens is 1. The van der Waals surface area contributed by atoms with Crippen molar-refractivity contribution in [1.82, 2.24) is 15.6 Å². The Morgan fingerprint density at radius 1 is 1.17 bits per heavy atom. The molecule has 1 heterocycles. The normalized spacial score (nSPS) is 22.7. The summed E-state index contributed by atoms with van der Waals surface area (Å²) in [6.07, 6.45) is 7.77. The van der Waals surface area contributed by atoms with E-state index >= 15 is 0 Å². The summed E-state index contributed by atoms with van der Waals surface area (Å²) in [5.74, 6) is 0.490. The van der Waals surface area contributed by atoms with Gasteiger partial charge in [-0.1, -0.05) is 6.07 Å². The molecule has 2 aliphatic rings. The summed E-state index contributed by atoms with van der Waals surface area (Å²) in [7, 11) is 0. The number of hydrogen-bond acceptors (Lipinski definition) is 4. The van der Waals surface area contributed by atoms with Gasteiger partial charge in [0.1, 0.15) is 10.8 Å². The Kier molecular flexibility index (Phi) is 6.23. The molecule has 7 heteroatoms. The van der Waals surface area contributed by atoms with Crippen LogP contribution in [0.5, 0.6) is 0 Å². The second-order valence-electron chi connectivity index (χ2n) is 8.13. The molecule has 5 nitrogen and oxygen atoms in total. The topological polar surface area (TPSA) is 71.1 Å². The lowest BCUT2D eigenvalue weighted by Crippen LogP contribution is -2.37. The van der Waals surface area contributed by atoms with Gasteiger partial charge in [0.2, 0.25) is 5.91 Å². The summed E-state index contributed by atoms with van der Waals surface area (Å²) in [6, 6.07) is 5.75. The van der Waals surface area contributed by atoms with Gasteiger partial charge in [0.05, 0.1) is 6.04 Å². The number of nitrogens with zero attached hydrogens (tertiary/aromatic N) is 1. The number of carbonyl (C=O) groups excluding carboxylic acids is 2. The van der Waals surface area contributed by atoms with E-state index < -0.39 is 5.82 Å². The maximum atomic E-state index is 13.3. The number of benzene rings is 1. The van der Waals surface area contributed by atoms with Crippen LogP contribution in [0.4, 0.5) is 4.39 Å². The first-order valence-corrected chi connectivity index (χ1v) is 11.2. The van der Waals surface area contributed by atoms with Crippen LogP contribution < -0.4 is 10.6 Å². The van der Waals surface area contributed by atoms with E-state index in [0.29, 0.717) is 23.9 Å². The summed E-state index contributed by atoms with van der Waals surface area (Å²) >= 11 is 1.60. The Bertz CT molecular complexity index is 846. The molecule has 0 aliphatic heterocycles. The molecule has 0 saturated heterocycles. The predicted octanol–water partition coefficient (Wildman–Crippen LogP) is 4.09. The molecule has 4 rings (SSSR count). The highest BCUT2D eigenvalue weighted by molar-refractivity contribution is 7.09. The van der Waals surface area contributed by atoms with Crippen molar-refractivity contribution >= 4 is 23.2 Å². The number of hydrogen-bond donors (Lipinski definition) is 2. The number of amides is 2. The van der Waals surface area contributed by atoms with Gasteiger partial charge in [-0.3, -0.25) is 9.59 Å². The lowest BCUT2D eigenvalue weighted by Gasteiger charge is -2.33. The molecule has 29 heavy (non-hydrogen) atoms. The minimum absolute atomic E-state index is 0.00839. The van der Waals surface area contributed by atoms with Crippen LogP contribution in [-0.2, 0) is 4.79 Å². The van der Waals surface area contributed by atoms with Crippen molar-refractivity contribution in [2.75, 3.05) is 6.54 Å². The first-order valence-electron chi connectivity index (χ1n) is 10.3. The lowest BCUT2D eigenvalue weighted by atomic mass is 9.78. The van der Waals surface area contributed by atoms with E-state index in [0.717, 1.165) is 43.5 Å². The van der Waals surface area contributed by atoms with Crippen molar-refractivity contribution in [3.63, 3.8) is 0 Å². The SMILES string of the molecule is O=C(NCC1CCC(C(NC(=O)C2CC2)c2nccs2)CC1)c1cccc(F)c1. The molecule has 0 bridgehead atoms. The highest BCUT2D eigenvalue weighted by Crippen LogP contribution is 2.38. The number of aromatic nitrogens is 1. The second kappa shape index (κ2) is 9.03. The van der Waals surface area contributed by atoms with Crippen molar-refractivity contribution in [2.45, 2.75) is 44.6 Å². The molecule has 1 aromatic heterocycles. The van der Waals surface area contributed by atoms with Crippen LogP contribution in [0.1, 0.15) is 59.9 Å². The third kappa shape index (κ3) is 5.21. The number of nitrogens with one attached hydrogen (secondary N) is 2. The summed E-state index contributed by atoms with van der Waals surface area (Å²) in [6.45, 7) is 0.596. The molecular formula is C22H26FN3O2S. The Morgan fingerprint density at radius 3 is 2.62 bits per heavy atom. The van der Waals surface area contributed by atoms with Crippen LogP contribution >= 0.6 is 11.3 Å². The number of thiazole rings is 1. The number of carbonyl (C=O) groups is 2. The van der Waals surface area contributed by atoms with Gasteiger partial charge in [-0.05, 0) is 68.6 Å². The molecule has 1 unspecified atom stereocenters. The van der Waals surface area contributed by atoms with E-state index in [2.05, 4.69) is 15.6 Å². The Hall–Kier alpha value is -2.28. The molecule has 2 fully saturated rings. The van der Waals surface area contributed by atoms with E-state index in [1.807, 2.05) is 5.38 Å². The van der Waals surface area contributed by atoms with Gasteiger partial charge in [0, 0.05) is 29.6 Å². The largest absolute Gasteiger partial charge is 0.352 e. The van der Waals surface area contributed by atoms with Crippen LogP contribution in [0.15, 0.2) is 35.8 Å². The van der Waals surface area contributed by atoms with Crippen molar-refractivity contribution in [2.24, 2.45) is 17.8 Å². The maximum Gasteiger partial charge on any atom is 0.251 e. The molecular weight excluding hydrogens is 389 g/mol. The standard InChI is InChI=1S/C22H26FN3O2S/c23-18-3-1-2-17(12-18)20(27)25-13-14-4-6-15(7-5-14)19(22-24-10-11-29-22)26-21(28)16-8-9-16/h1-3,10-12,14-16,19H,4-9,13H2,(H,25,27)(H,26,28). The third-order valence-electron chi connectivity index (χ3n) is 5.96. The molecule has 2 aliphatic carbocycles. The maximum absolute atomic E-state index is 13.3. The molecule has 2 saturated carbocycles. The van der Waals surface area contributed by atoms with Crippen molar-refractivity contribution in [1.29, 1.82) is 0 Å². The average Bonchev–Trinajstić information content (AvgIpc) is 3.45. The zero-order valence-corrected chi connectivity index (χ0v) is 17.1. The van der Waals surface area contributed by atoms with Gasteiger partial charge >= 0.3 is 0 Å². The van der Waals surface area contributed by atoms with Gasteiger partial charge in [-0.2, -0.15) is 0 Å². The minimum atomic E-state index is -0.403. The quantitative estimate of drug-likeness (QED) is 0.716. The molecule has 1 atom stereocenters. The zero-order valence-electron chi connectivity index (χ0n) is 16.3. The van der Waals surface area contributed by atoms with Crippen LogP contribution in [0.3, 0.4) is 0 Å². The lowest BCUT2D eigenvalue weighted by molar-refractivity contribution is -0.123. The highest BCUT2D eigenvalue weighted by atomic mass is 32.1. The smallest absolute Gasteiger partial charge is 0.251 e. The fourth-order valence-electron chi connectivity index (χ4n) is 4.08. The summed E-state index contributed by atoms with van der Waals surface area (Å²) in [4.78, 5) is 29.0. The molecule has 1 aromatic carbocycles. The molecule has 2 aromatic rings. The molecule has 0 radical (unpaired) electrons. The molecule has 2 N–H and O–H groups in total. The molecule has 0 spiro atoms. The highest BCUT2D eigenvalue weighted by Gasteiger charge is 2.35. The Balaban J connectivity index is 1.29. The van der Waals surface area contributed by atoms with Crippen LogP contribution in [0.25, 0.3) is 0 Å². The monoisotopic (exact) mass is 415 g/mol. The minimum Gasteiger partial charge on any atom is -0.352 e. The van der Waals surface area contributed by atoms with Crippen molar-refractivity contribution in [3.8, 4) is 0 Å². The second-order valence-corrected chi connectivity index (χ2v) is 9.06. The molecule has 2 amide bonds. The van der Waals surface area contributed by atoms with Crippen LogP contribution in [0.2, 0.25) is 0 Å². The first-order chi connectivity index (χ1) is 14.1. The van der Waals surface area contributed by atoms with Gasteiger partial charge in [0.25, 0.3) is 5.91 Å². The van der Waals surface area contributed by atoms with Crippen LogP contribution in [-0.4, -0.2) is 23.3 Å². The van der Waals surface area contributed by atoms with E-state index in [4.69, 9.17) is 0 Å². The fraction of sp³-hybridized carbons (Fsp3) is 0.500. The van der Waals surface area contributed by atoms with Gasteiger partial charge in [-0.25, -0.2) is 9.37 Å². The van der Waals surface area contributed by atoms with Crippen molar-refractivity contribution in [3.05, 3.63) is 52.2 Å². The first kappa shape index (κ1) is 20.0. The summed E-state index contributed by atoms with van der Waals surface area (Å²) in [5.41, 5.74) is 0.352. The number of rotatable bonds is 7. The van der Waals surface area contributed by atoms with Gasteiger partial charge in [-0.15, -0.1) is 11.3 Å². The van der Waals surface area contributed by atoms with E-state index in [-0.39, 0.29) is 23.8 Å².